The number of carbonyl (C=O) groups is 2. The number of nitrogens with zero attached hydrogens (tertiary/aromatic N) is 3. The molecule has 26 heavy (non-hydrogen) atoms. The number of hydrogen-bond donors (Lipinski definition) is 0. The van der Waals surface area contributed by atoms with Crippen LogP contribution >= 0.6 is 11.6 Å². The molecule has 0 fully saturated rings. The van der Waals surface area contributed by atoms with Crippen LogP contribution in [0.15, 0.2) is 24.3 Å². The fraction of sp³-hybridized carbons (Fsp3) is 0.350. The summed E-state index contributed by atoms with van der Waals surface area (Å²) in [5.74, 6) is -0.251. The summed E-state index contributed by atoms with van der Waals surface area (Å²) in [4.78, 5) is 33.5. The number of rotatable bonds is 2. The van der Waals surface area contributed by atoms with E-state index in [0.29, 0.717) is 34.1 Å². The number of aryl methyl sites for hydroxylation is 2. The fourth-order valence-corrected chi connectivity index (χ4v) is 3.56. The molecule has 0 spiro atoms. The summed E-state index contributed by atoms with van der Waals surface area (Å²) in [6, 6.07) is 7.25. The number of ketones is 1. The molecule has 0 N–H and O–H groups in total. The number of pyridine rings is 1. The maximum atomic E-state index is 13.4. The lowest BCUT2D eigenvalue weighted by molar-refractivity contribution is 0.0986. The molecule has 0 aliphatic carbocycles. The molecule has 3 rings (SSSR count). The van der Waals surface area contributed by atoms with Gasteiger partial charge in [-0.3, -0.25) is 14.6 Å². The van der Waals surface area contributed by atoms with Gasteiger partial charge in [0.05, 0.1) is 22.6 Å². The predicted octanol–water partition coefficient (Wildman–Crippen LogP) is 4.04. The van der Waals surface area contributed by atoms with Crippen molar-refractivity contribution in [1.82, 2.24) is 4.98 Å². The molecule has 0 saturated heterocycles. The van der Waals surface area contributed by atoms with Gasteiger partial charge in [0, 0.05) is 36.4 Å². The van der Waals surface area contributed by atoms with Crippen molar-refractivity contribution in [3.05, 3.63) is 51.8 Å². The van der Waals surface area contributed by atoms with Crippen molar-refractivity contribution in [3.63, 3.8) is 0 Å². The van der Waals surface area contributed by atoms with Crippen molar-refractivity contribution in [2.45, 2.75) is 27.2 Å². The van der Waals surface area contributed by atoms with Gasteiger partial charge in [-0.1, -0.05) is 11.6 Å². The molecule has 5 nitrogen and oxygen atoms in total. The predicted molar refractivity (Wildman–Crippen MR) is 105 cm³/mol. The second-order valence-corrected chi connectivity index (χ2v) is 7.11. The molecule has 6 heteroatoms. The number of fused-ring (bicyclic) bond motifs is 1. The second-order valence-electron chi connectivity index (χ2n) is 6.68. The van der Waals surface area contributed by atoms with Crippen LogP contribution in [0.2, 0.25) is 5.02 Å². The minimum Gasteiger partial charge on any atom is -0.373 e. The highest BCUT2D eigenvalue weighted by Crippen LogP contribution is 2.35. The third-order valence-corrected chi connectivity index (χ3v) is 5.01. The van der Waals surface area contributed by atoms with Crippen molar-refractivity contribution >= 4 is 34.7 Å². The van der Waals surface area contributed by atoms with Gasteiger partial charge in [0.25, 0.3) is 5.91 Å². The Hall–Kier alpha value is -2.40. The summed E-state index contributed by atoms with van der Waals surface area (Å²) in [5, 5.41) is 0.583. The Balaban J connectivity index is 2.11. The molecular formula is C20H22ClN3O2. The number of carbonyl (C=O) groups excluding carboxylic acids is 2. The number of amides is 1. The fourth-order valence-electron chi connectivity index (χ4n) is 3.40. The quantitative estimate of drug-likeness (QED) is 0.747. The standard InChI is InChI=1S/C20H22ClN3O2/c1-12-16(14(3)25)11-17(13(2)22-12)20(26)24-9-5-8-23(4)18-7-6-15(21)10-19(18)24/h6-7,10-11H,5,8-9H2,1-4H3. The van der Waals surface area contributed by atoms with E-state index in [0.717, 1.165) is 24.3 Å². The Bertz CT molecular complexity index is 895. The van der Waals surface area contributed by atoms with Gasteiger partial charge in [-0.25, -0.2) is 0 Å². The van der Waals surface area contributed by atoms with Crippen LogP contribution in [0.1, 0.15) is 45.4 Å². The van der Waals surface area contributed by atoms with Crippen LogP contribution in [0, 0.1) is 13.8 Å². The zero-order valence-electron chi connectivity index (χ0n) is 15.5. The van der Waals surface area contributed by atoms with E-state index in [9.17, 15) is 9.59 Å². The van der Waals surface area contributed by atoms with E-state index in [1.807, 2.05) is 25.2 Å². The molecule has 0 saturated carbocycles. The van der Waals surface area contributed by atoms with Crippen molar-refractivity contribution in [2.75, 3.05) is 29.9 Å². The first-order chi connectivity index (χ1) is 12.3. The Morgan fingerprint density at radius 1 is 1.04 bits per heavy atom. The average molecular weight is 372 g/mol. The summed E-state index contributed by atoms with van der Waals surface area (Å²) in [6.07, 6.45) is 0.840. The van der Waals surface area contributed by atoms with Crippen LogP contribution in [-0.2, 0) is 0 Å². The Morgan fingerprint density at radius 3 is 2.42 bits per heavy atom. The maximum absolute atomic E-state index is 13.4. The van der Waals surface area contributed by atoms with E-state index >= 15 is 0 Å². The molecule has 1 aliphatic rings. The van der Waals surface area contributed by atoms with Gasteiger partial charge in [-0.15, -0.1) is 0 Å². The zero-order chi connectivity index (χ0) is 19.0. The third-order valence-electron chi connectivity index (χ3n) is 4.77. The number of anilines is 2. The average Bonchev–Trinajstić information content (AvgIpc) is 2.73. The Labute approximate surface area is 158 Å². The molecule has 0 unspecified atom stereocenters. The van der Waals surface area contributed by atoms with Gasteiger partial charge < -0.3 is 9.80 Å². The van der Waals surface area contributed by atoms with Crippen molar-refractivity contribution < 1.29 is 9.59 Å². The van der Waals surface area contributed by atoms with E-state index < -0.39 is 0 Å². The molecule has 2 aromatic rings. The normalized spacial score (nSPS) is 14.0. The maximum Gasteiger partial charge on any atom is 0.260 e. The summed E-state index contributed by atoms with van der Waals surface area (Å²) >= 11 is 6.20. The van der Waals surface area contributed by atoms with Crippen LogP contribution in [0.5, 0.6) is 0 Å². The molecule has 136 valence electrons. The lowest BCUT2D eigenvalue weighted by atomic mass is 10.0. The van der Waals surface area contributed by atoms with Crippen molar-refractivity contribution in [1.29, 1.82) is 0 Å². The highest BCUT2D eigenvalue weighted by molar-refractivity contribution is 6.31. The molecule has 1 aromatic heterocycles. The molecule has 2 heterocycles. The monoisotopic (exact) mass is 371 g/mol. The lowest BCUT2D eigenvalue weighted by Crippen LogP contribution is -2.32. The SMILES string of the molecule is CC(=O)c1cc(C(=O)N2CCCN(C)c3ccc(Cl)cc32)c(C)nc1C. The van der Waals surface area contributed by atoms with Gasteiger partial charge in [0.1, 0.15) is 0 Å². The summed E-state index contributed by atoms with van der Waals surface area (Å²) in [7, 11) is 2.01. The summed E-state index contributed by atoms with van der Waals surface area (Å²) in [6.45, 7) is 6.51. The van der Waals surface area contributed by atoms with Crippen LogP contribution in [0.25, 0.3) is 0 Å². The molecule has 0 radical (unpaired) electrons. The minimum atomic E-state index is -0.156. The molecule has 1 aromatic carbocycles. The first-order valence-electron chi connectivity index (χ1n) is 8.61. The van der Waals surface area contributed by atoms with E-state index in [2.05, 4.69) is 9.88 Å². The zero-order valence-corrected chi connectivity index (χ0v) is 16.2. The van der Waals surface area contributed by atoms with E-state index in [1.54, 1.807) is 24.8 Å². The highest BCUT2D eigenvalue weighted by atomic mass is 35.5. The molecule has 0 atom stereocenters. The summed E-state index contributed by atoms with van der Waals surface area (Å²) < 4.78 is 0. The van der Waals surface area contributed by atoms with E-state index in [1.165, 1.54) is 6.92 Å². The van der Waals surface area contributed by atoms with E-state index in [4.69, 9.17) is 11.6 Å². The largest absolute Gasteiger partial charge is 0.373 e. The topological polar surface area (TPSA) is 53.5 Å². The van der Waals surface area contributed by atoms with Gasteiger partial charge in [0.15, 0.2) is 5.78 Å². The van der Waals surface area contributed by atoms with Crippen LogP contribution < -0.4 is 9.80 Å². The van der Waals surface area contributed by atoms with Crippen LogP contribution in [0.4, 0.5) is 11.4 Å². The minimum absolute atomic E-state index is 0.0944. The molecular weight excluding hydrogens is 350 g/mol. The molecule has 1 amide bonds. The van der Waals surface area contributed by atoms with Crippen molar-refractivity contribution in [3.8, 4) is 0 Å². The Morgan fingerprint density at radius 2 is 1.73 bits per heavy atom. The van der Waals surface area contributed by atoms with Gasteiger partial charge in [-0.2, -0.15) is 0 Å². The number of aromatic nitrogens is 1. The Kier molecular flexibility index (Phi) is 5.01. The molecule has 0 bridgehead atoms. The number of Topliss-reactive ketones (excluding diaryl/α,β-unsaturated/α-hetero) is 1. The van der Waals surface area contributed by atoms with E-state index in [-0.39, 0.29) is 11.7 Å². The second kappa shape index (κ2) is 7.08. The van der Waals surface area contributed by atoms with Crippen LogP contribution in [0.3, 0.4) is 0 Å². The number of benzene rings is 1. The van der Waals surface area contributed by atoms with Gasteiger partial charge in [0.2, 0.25) is 0 Å². The number of halogens is 1. The van der Waals surface area contributed by atoms with Gasteiger partial charge in [-0.05, 0) is 51.5 Å². The highest BCUT2D eigenvalue weighted by Gasteiger charge is 2.27. The first kappa shape index (κ1) is 18.4. The van der Waals surface area contributed by atoms with Crippen molar-refractivity contribution in [2.24, 2.45) is 0 Å². The molecule has 1 aliphatic heterocycles. The smallest absolute Gasteiger partial charge is 0.260 e. The summed E-state index contributed by atoms with van der Waals surface area (Å²) in [5.41, 5.74) is 3.95. The van der Waals surface area contributed by atoms with Crippen LogP contribution in [-0.4, -0.2) is 36.8 Å². The van der Waals surface area contributed by atoms with Gasteiger partial charge >= 0.3 is 0 Å². The lowest BCUT2D eigenvalue weighted by Gasteiger charge is -2.25. The number of hydrogen-bond acceptors (Lipinski definition) is 4. The first-order valence-corrected chi connectivity index (χ1v) is 8.99. The third kappa shape index (κ3) is 3.31.